The van der Waals surface area contributed by atoms with Gasteiger partial charge in [0.05, 0.1) is 22.4 Å². The van der Waals surface area contributed by atoms with Gasteiger partial charge in [0.1, 0.15) is 6.33 Å². The Hall–Kier alpha value is -2.49. The van der Waals surface area contributed by atoms with Gasteiger partial charge in [0.2, 0.25) is 0 Å². The predicted octanol–water partition coefficient (Wildman–Crippen LogP) is 2.81. The van der Waals surface area contributed by atoms with E-state index in [1.165, 1.54) is 11.1 Å². The highest BCUT2D eigenvalue weighted by atomic mass is 15.0. The van der Waals surface area contributed by atoms with Crippen molar-refractivity contribution in [1.82, 2.24) is 9.55 Å². The third-order valence-corrected chi connectivity index (χ3v) is 3.51. The van der Waals surface area contributed by atoms with Gasteiger partial charge in [0.15, 0.2) is 0 Å². The van der Waals surface area contributed by atoms with Crippen LogP contribution in [0.4, 0.5) is 11.4 Å². The van der Waals surface area contributed by atoms with Gasteiger partial charge in [0.25, 0.3) is 0 Å². The SMILES string of the molecule is Cc1cc2ncn(-c3ccc(N)c(N)c3)c2cc1C. The van der Waals surface area contributed by atoms with Crippen molar-refractivity contribution >= 4 is 22.4 Å². The number of nitrogens with zero attached hydrogens (tertiary/aromatic N) is 2. The smallest absolute Gasteiger partial charge is 0.100 e. The summed E-state index contributed by atoms with van der Waals surface area (Å²) >= 11 is 0. The van der Waals surface area contributed by atoms with Crippen LogP contribution in [0.1, 0.15) is 11.1 Å². The summed E-state index contributed by atoms with van der Waals surface area (Å²) in [7, 11) is 0. The van der Waals surface area contributed by atoms with Crippen LogP contribution in [0.5, 0.6) is 0 Å². The van der Waals surface area contributed by atoms with Crippen LogP contribution in [0.3, 0.4) is 0 Å². The van der Waals surface area contributed by atoms with Crippen molar-refractivity contribution in [2.45, 2.75) is 13.8 Å². The number of aryl methyl sites for hydroxylation is 2. The van der Waals surface area contributed by atoms with Gasteiger partial charge in [-0.3, -0.25) is 4.57 Å². The van der Waals surface area contributed by atoms with Crippen molar-refractivity contribution in [2.24, 2.45) is 0 Å². The van der Waals surface area contributed by atoms with Crippen LogP contribution in [-0.4, -0.2) is 9.55 Å². The van der Waals surface area contributed by atoms with Crippen LogP contribution in [0.2, 0.25) is 0 Å². The minimum absolute atomic E-state index is 0.586. The van der Waals surface area contributed by atoms with Crippen molar-refractivity contribution in [1.29, 1.82) is 0 Å². The van der Waals surface area contributed by atoms with E-state index in [0.717, 1.165) is 16.7 Å². The molecule has 0 aliphatic carbocycles. The first-order valence-electron chi connectivity index (χ1n) is 6.16. The zero-order valence-corrected chi connectivity index (χ0v) is 11.0. The van der Waals surface area contributed by atoms with Crippen LogP contribution in [-0.2, 0) is 0 Å². The van der Waals surface area contributed by atoms with Crippen LogP contribution >= 0.6 is 0 Å². The third kappa shape index (κ3) is 1.81. The van der Waals surface area contributed by atoms with Gasteiger partial charge in [-0.15, -0.1) is 0 Å². The highest BCUT2D eigenvalue weighted by Gasteiger charge is 2.07. The summed E-state index contributed by atoms with van der Waals surface area (Å²) in [6.45, 7) is 4.19. The van der Waals surface area contributed by atoms with Crippen molar-refractivity contribution in [3.05, 3.63) is 47.8 Å². The second-order valence-electron chi connectivity index (χ2n) is 4.85. The minimum Gasteiger partial charge on any atom is -0.397 e. The van der Waals surface area contributed by atoms with E-state index in [4.69, 9.17) is 11.5 Å². The number of aromatic nitrogens is 2. The van der Waals surface area contributed by atoms with Crippen LogP contribution < -0.4 is 11.5 Å². The van der Waals surface area contributed by atoms with Crippen LogP contribution in [0.15, 0.2) is 36.7 Å². The molecule has 0 saturated carbocycles. The normalized spacial score (nSPS) is 11.1. The lowest BCUT2D eigenvalue weighted by Gasteiger charge is -2.08. The van der Waals surface area contributed by atoms with E-state index in [2.05, 4.69) is 31.0 Å². The molecule has 0 fully saturated rings. The number of imidazole rings is 1. The summed E-state index contributed by atoms with van der Waals surface area (Å²) in [6.07, 6.45) is 1.81. The number of hydrogen-bond donors (Lipinski definition) is 2. The summed E-state index contributed by atoms with van der Waals surface area (Å²) in [5, 5.41) is 0. The Kier molecular flexibility index (Phi) is 2.45. The molecule has 4 N–H and O–H groups in total. The fraction of sp³-hybridized carbons (Fsp3) is 0.133. The summed E-state index contributed by atoms with van der Waals surface area (Å²) < 4.78 is 2.03. The third-order valence-electron chi connectivity index (χ3n) is 3.51. The van der Waals surface area contributed by atoms with Gasteiger partial charge in [-0.25, -0.2) is 4.98 Å². The molecule has 3 aromatic rings. The Morgan fingerprint density at radius 1 is 0.947 bits per heavy atom. The largest absolute Gasteiger partial charge is 0.397 e. The summed E-state index contributed by atoms with van der Waals surface area (Å²) in [5.74, 6) is 0. The molecule has 0 radical (unpaired) electrons. The maximum absolute atomic E-state index is 5.87. The van der Waals surface area contributed by atoms with E-state index in [9.17, 15) is 0 Å². The molecular weight excluding hydrogens is 236 g/mol. The summed E-state index contributed by atoms with van der Waals surface area (Å²) in [4.78, 5) is 4.44. The predicted molar refractivity (Wildman–Crippen MR) is 79.4 cm³/mol. The minimum atomic E-state index is 0.586. The molecule has 19 heavy (non-hydrogen) atoms. The molecule has 0 aliphatic rings. The Balaban J connectivity index is 2.25. The molecule has 0 bridgehead atoms. The van der Waals surface area contributed by atoms with Gasteiger partial charge in [-0.1, -0.05) is 0 Å². The number of anilines is 2. The van der Waals surface area contributed by atoms with Gasteiger partial charge >= 0.3 is 0 Å². The lowest BCUT2D eigenvalue weighted by molar-refractivity contribution is 1.09. The van der Waals surface area contributed by atoms with Gasteiger partial charge in [-0.05, 0) is 55.3 Å². The monoisotopic (exact) mass is 252 g/mol. The van der Waals surface area contributed by atoms with E-state index in [0.29, 0.717) is 11.4 Å². The Bertz CT molecular complexity index is 771. The fourth-order valence-corrected chi connectivity index (χ4v) is 2.18. The molecule has 0 amide bonds. The van der Waals surface area contributed by atoms with Crippen molar-refractivity contribution in [2.75, 3.05) is 11.5 Å². The summed E-state index contributed by atoms with van der Waals surface area (Å²) in [6, 6.07) is 9.87. The lowest BCUT2D eigenvalue weighted by Crippen LogP contribution is -1.98. The molecule has 0 aliphatic heterocycles. The molecule has 0 spiro atoms. The number of rotatable bonds is 1. The topological polar surface area (TPSA) is 69.9 Å². The molecule has 3 rings (SSSR count). The summed E-state index contributed by atoms with van der Waals surface area (Å²) in [5.41, 5.74) is 18.3. The molecule has 0 unspecified atom stereocenters. The number of benzene rings is 2. The first-order valence-corrected chi connectivity index (χ1v) is 6.16. The molecule has 4 nitrogen and oxygen atoms in total. The average Bonchev–Trinajstić information content (AvgIpc) is 2.76. The maximum Gasteiger partial charge on any atom is 0.100 e. The Morgan fingerprint density at radius 3 is 2.42 bits per heavy atom. The van der Waals surface area contributed by atoms with E-state index >= 15 is 0 Å². The zero-order chi connectivity index (χ0) is 13.6. The molecule has 2 aromatic carbocycles. The Morgan fingerprint density at radius 2 is 1.68 bits per heavy atom. The number of nitrogen functional groups attached to an aromatic ring is 2. The highest BCUT2D eigenvalue weighted by molar-refractivity contribution is 5.80. The second-order valence-corrected chi connectivity index (χ2v) is 4.85. The maximum atomic E-state index is 5.87. The van der Waals surface area contributed by atoms with Crippen LogP contribution in [0.25, 0.3) is 16.7 Å². The zero-order valence-electron chi connectivity index (χ0n) is 11.0. The molecule has 4 heteroatoms. The number of fused-ring (bicyclic) bond motifs is 1. The van der Waals surface area contributed by atoms with Gasteiger partial charge in [0, 0.05) is 5.69 Å². The van der Waals surface area contributed by atoms with Gasteiger partial charge < -0.3 is 11.5 Å². The van der Waals surface area contributed by atoms with Crippen molar-refractivity contribution < 1.29 is 0 Å². The molecule has 1 heterocycles. The Labute approximate surface area is 111 Å². The van der Waals surface area contributed by atoms with Gasteiger partial charge in [-0.2, -0.15) is 0 Å². The molecular formula is C15H16N4. The average molecular weight is 252 g/mol. The first-order chi connectivity index (χ1) is 9.06. The lowest BCUT2D eigenvalue weighted by atomic mass is 10.1. The van der Waals surface area contributed by atoms with E-state index in [-0.39, 0.29) is 0 Å². The van der Waals surface area contributed by atoms with Crippen LogP contribution in [0, 0.1) is 13.8 Å². The van der Waals surface area contributed by atoms with Crippen molar-refractivity contribution in [3.63, 3.8) is 0 Å². The number of hydrogen-bond acceptors (Lipinski definition) is 3. The quantitative estimate of drug-likeness (QED) is 0.654. The van der Waals surface area contributed by atoms with E-state index in [1.54, 1.807) is 0 Å². The fourth-order valence-electron chi connectivity index (χ4n) is 2.18. The molecule has 1 aromatic heterocycles. The van der Waals surface area contributed by atoms with E-state index in [1.807, 2.05) is 29.1 Å². The first kappa shape index (κ1) is 11.6. The van der Waals surface area contributed by atoms with E-state index < -0.39 is 0 Å². The highest BCUT2D eigenvalue weighted by Crippen LogP contribution is 2.24. The standard InChI is InChI=1S/C15H16N4/c1-9-5-14-15(6-10(9)2)19(8-18-14)11-3-4-12(16)13(17)7-11/h3-8H,16-17H2,1-2H3. The molecule has 0 saturated heterocycles. The molecule has 96 valence electrons. The second kappa shape index (κ2) is 4.02. The van der Waals surface area contributed by atoms with Crippen molar-refractivity contribution in [3.8, 4) is 5.69 Å². The molecule has 0 atom stereocenters. The number of nitrogens with two attached hydrogens (primary N) is 2.